The Morgan fingerprint density at radius 2 is 1.73 bits per heavy atom. The predicted octanol–water partition coefficient (Wildman–Crippen LogP) is 4.97. The van der Waals surface area contributed by atoms with Crippen LogP contribution in [0.5, 0.6) is 11.5 Å². The number of methoxy groups -OCH3 is 2. The average molecular weight is 444 g/mol. The van der Waals surface area contributed by atoms with Gasteiger partial charge in [-0.2, -0.15) is 0 Å². The van der Waals surface area contributed by atoms with E-state index >= 15 is 0 Å². The Hall–Kier alpha value is -3.58. The topological polar surface area (TPSA) is 63.9 Å². The maximum atomic E-state index is 5.75. The molecule has 1 aliphatic heterocycles. The maximum Gasteiger partial charge on any atom is 0.245 e. The standard InChI is InChI=1S/C26H29N5O2/c1-30-14-12-18(13-15-30)21-10-8-19(16-25(21)33-3)28-26-27-17-20-9-11-23(31(20)29-26)22-6-4-5-7-24(22)32-2/h4-11,16-18H,12-15H2,1-3H3,(H,28,29). The van der Waals surface area contributed by atoms with E-state index in [0.29, 0.717) is 11.9 Å². The summed E-state index contributed by atoms with van der Waals surface area (Å²) in [4.78, 5) is 6.89. The van der Waals surface area contributed by atoms with Crippen molar-refractivity contribution < 1.29 is 9.47 Å². The Bertz CT molecular complexity index is 1260. The second-order valence-electron chi connectivity index (χ2n) is 8.50. The summed E-state index contributed by atoms with van der Waals surface area (Å²) in [5, 5.41) is 8.09. The van der Waals surface area contributed by atoms with Crippen LogP contribution in [0.15, 0.2) is 60.8 Å². The highest BCUT2D eigenvalue weighted by molar-refractivity contribution is 5.72. The first-order chi connectivity index (χ1) is 16.2. The number of likely N-dealkylation sites (tertiary alicyclic amines) is 1. The van der Waals surface area contributed by atoms with Gasteiger partial charge >= 0.3 is 0 Å². The number of nitrogens with zero attached hydrogens (tertiary/aromatic N) is 4. The number of anilines is 2. The van der Waals surface area contributed by atoms with Gasteiger partial charge < -0.3 is 19.7 Å². The van der Waals surface area contributed by atoms with Gasteiger partial charge in [0.1, 0.15) is 11.5 Å². The van der Waals surface area contributed by atoms with Gasteiger partial charge in [0.15, 0.2) is 0 Å². The molecule has 2 aromatic carbocycles. The van der Waals surface area contributed by atoms with E-state index < -0.39 is 0 Å². The molecule has 7 nitrogen and oxygen atoms in total. The van der Waals surface area contributed by atoms with Crippen LogP contribution in [-0.2, 0) is 0 Å². The van der Waals surface area contributed by atoms with Crippen LogP contribution in [0.1, 0.15) is 24.3 Å². The van der Waals surface area contributed by atoms with Gasteiger partial charge in [-0.1, -0.05) is 18.2 Å². The Balaban J connectivity index is 1.43. The molecule has 0 atom stereocenters. The van der Waals surface area contributed by atoms with Gasteiger partial charge in [-0.05, 0) is 74.8 Å². The van der Waals surface area contributed by atoms with Gasteiger partial charge in [0, 0.05) is 17.3 Å². The van der Waals surface area contributed by atoms with Crippen LogP contribution in [0, 0.1) is 0 Å². The Labute approximate surface area is 194 Å². The van der Waals surface area contributed by atoms with Crippen molar-refractivity contribution in [1.82, 2.24) is 19.5 Å². The van der Waals surface area contributed by atoms with Crippen molar-refractivity contribution in [3.63, 3.8) is 0 Å². The average Bonchev–Trinajstić information content (AvgIpc) is 3.27. The first-order valence-electron chi connectivity index (χ1n) is 11.3. The Morgan fingerprint density at radius 3 is 2.52 bits per heavy atom. The minimum Gasteiger partial charge on any atom is -0.496 e. The number of hydrogen-bond donors (Lipinski definition) is 1. The highest BCUT2D eigenvalue weighted by Gasteiger charge is 2.21. The van der Waals surface area contributed by atoms with Crippen LogP contribution in [-0.4, -0.2) is 53.9 Å². The summed E-state index contributed by atoms with van der Waals surface area (Å²) >= 11 is 0. The molecule has 0 unspecified atom stereocenters. The summed E-state index contributed by atoms with van der Waals surface area (Å²) in [6.07, 6.45) is 4.12. The Kier molecular flexibility index (Phi) is 5.88. The first-order valence-corrected chi connectivity index (χ1v) is 11.3. The predicted molar refractivity (Wildman–Crippen MR) is 131 cm³/mol. The molecule has 5 rings (SSSR count). The van der Waals surface area contributed by atoms with Crippen LogP contribution in [0.25, 0.3) is 16.8 Å². The highest BCUT2D eigenvalue weighted by Crippen LogP contribution is 2.36. The number of ether oxygens (including phenoxy) is 2. The fourth-order valence-electron chi connectivity index (χ4n) is 4.59. The quantitative estimate of drug-likeness (QED) is 0.454. The molecule has 1 saturated heterocycles. The van der Waals surface area contributed by atoms with Crippen molar-refractivity contribution in [2.45, 2.75) is 18.8 Å². The second kappa shape index (κ2) is 9.11. The fourth-order valence-corrected chi connectivity index (χ4v) is 4.59. The number of para-hydroxylation sites is 1. The molecule has 33 heavy (non-hydrogen) atoms. The van der Waals surface area contributed by atoms with Crippen LogP contribution in [0.3, 0.4) is 0 Å². The zero-order chi connectivity index (χ0) is 22.8. The van der Waals surface area contributed by atoms with Crippen LogP contribution < -0.4 is 14.8 Å². The van der Waals surface area contributed by atoms with E-state index in [1.807, 2.05) is 53.2 Å². The number of hydrogen-bond acceptors (Lipinski definition) is 6. The monoisotopic (exact) mass is 443 g/mol. The molecular weight excluding hydrogens is 414 g/mol. The third-order valence-electron chi connectivity index (χ3n) is 6.43. The molecular formula is C26H29N5O2. The van der Waals surface area contributed by atoms with E-state index in [0.717, 1.165) is 59.9 Å². The maximum absolute atomic E-state index is 5.75. The molecule has 0 saturated carbocycles. The van der Waals surface area contributed by atoms with Crippen LogP contribution in [0.4, 0.5) is 11.6 Å². The summed E-state index contributed by atoms with van der Waals surface area (Å²) in [6.45, 7) is 2.24. The van der Waals surface area contributed by atoms with E-state index in [1.165, 1.54) is 5.56 Å². The van der Waals surface area contributed by atoms with Gasteiger partial charge in [0.25, 0.3) is 0 Å². The molecule has 0 amide bonds. The number of benzene rings is 2. The highest BCUT2D eigenvalue weighted by atomic mass is 16.5. The van der Waals surface area contributed by atoms with Gasteiger partial charge in [-0.25, -0.2) is 9.50 Å². The molecule has 0 aliphatic carbocycles. The summed E-state index contributed by atoms with van der Waals surface area (Å²) in [5.41, 5.74) is 5.01. The molecule has 4 aromatic rings. The van der Waals surface area contributed by atoms with Crippen molar-refractivity contribution in [2.75, 3.05) is 39.7 Å². The first kappa shape index (κ1) is 21.3. The number of aromatic nitrogens is 3. The van der Waals surface area contributed by atoms with Gasteiger partial charge in [-0.3, -0.25) is 0 Å². The number of nitrogens with one attached hydrogen (secondary N) is 1. The third kappa shape index (κ3) is 4.24. The molecule has 0 spiro atoms. The SMILES string of the molecule is COc1ccccc1-c1ccc2cnc(Nc3ccc(C4CCN(C)CC4)c(OC)c3)nn12. The van der Waals surface area contributed by atoms with Gasteiger partial charge in [-0.15, -0.1) is 5.10 Å². The molecule has 1 fully saturated rings. The molecule has 170 valence electrons. The van der Waals surface area contributed by atoms with E-state index in [-0.39, 0.29) is 0 Å². The molecule has 2 aromatic heterocycles. The third-order valence-corrected chi connectivity index (χ3v) is 6.43. The molecule has 1 aliphatic rings. The lowest BCUT2D eigenvalue weighted by molar-refractivity contribution is 0.252. The zero-order valence-corrected chi connectivity index (χ0v) is 19.3. The molecule has 0 bridgehead atoms. The second-order valence-corrected chi connectivity index (χ2v) is 8.50. The van der Waals surface area contributed by atoms with Gasteiger partial charge in [0.2, 0.25) is 5.95 Å². The summed E-state index contributed by atoms with van der Waals surface area (Å²) in [7, 11) is 5.60. The normalized spacial score (nSPS) is 15.0. The smallest absolute Gasteiger partial charge is 0.245 e. The van der Waals surface area contributed by atoms with E-state index in [9.17, 15) is 0 Å². The lowest BCUT2D eigenvalue weighted by Crippen LogP contribution is -2.29. The number of piperidine rings is 1. The van der Waals surface area contributed by atoms with E-state index in [1.54, 1.807) is 14.2 Å². The van der Waals surface area contributed by atoms with Crippen molar-refractivity contribution in [3.8, 4) is 22.8 Å². The summed E-state index contributed by atoms with van der Waals surface area (Å²) in [5.74, 6) is 2.76. The molecule has 7 heteroatoms. The number of rotatable bonds is 6. The van der Waals surface area contributed by atoms with Crippen LogP contribution >= 0.6 is 0 Å². The van der Waals surface area contributed by atoms with Crippen molar-refractivity contribution in [3.05, 3.63) is 66.4 Å². The van der Waals surface area contributed by atoms with Crippen molar-refractivity contribution >= 4 is 17.2 Å². The number of fused-ring (bicyclic) bond motifs is 1. The minimum absolute atomic E-state index is 0.518. The van der Waals surface area contributed by atoms with E-state index in [2.05, 4.69) is 34.4 Å². The lowest BCUT2D eigenvalue weighted by atomic mass is 9.89. The van der Waals surface area contributed by atoms with Crippen LogP contribution in [0.2, 0.25) is 0 Å². The molecule has 3 heterocycles. The summed E-state index contributed by atoms with van der Waals surface area (Å²) in [6, 6.07) is 18.3. The largest absolute Gasteiger partial charge is 0.496 e. The molecule has 1 N–H and O–H groups in total. The minimum atomic E-state index is 0.518. The summed E-state index contributed by atoms with van der Waals surface area (Å²) < 4.78 is 13.2. The molecule has 0 radical (unpaired) electrons. The van der Waals surface area contributed by atoms with E-state index in [4.69, 9.17) is 14.6 Å². The Morgan fingerprint density at radius 1 is 0.939 bits per heavy atom. The van der Waals surface area contributed by atoms with Crippen molar-refractivity contribution in [1.29, 1.82) is 0 Å². The zero-order valence-electron chi connectivity index (χ0n) is 19.3. The van der Waals surface area contributed by atoms with Gasteiger partial charge in [0.05, 0.1) is 31.6 Å². The lowest BCUT2D eigenvalue weighted by Gasteiger charge is -2.30. The fraction of sp³-hybridized carbons (Fsp3) is 0.308. The van der Waals surface area contributed by atoms with Crippen molar-refractivity contribution in [2.24, 2.45) is 0 Å².